The molecular weight excluding hydrogens is 422 g/mol. The largest absolute Gasteiger partial charge is 0.444 e. The second-order valence-electron chi connectivity index (χ2n) is 11.2. The van der Waals surface area contributed by atoms with Gasteiger partial charge in [0.1, 0.15) is 5.60 Å². The lowest BCUT2D eigenvalue weighted by atomic mass is 10.2. The van der Waals surface area contributed by atoms with Crippen molar-refractivity contribution >= 4 is 14.4 Å². The number of hydrogen-bond acceptors (Lipinski definition) is 5. The summed E-state index contributed by atoms with van der Waals surface area (Å²) in [5.74, 6) is 0. The first-order valence-electron chi connectivity index (χ1n) is 11.7. The van der Waals surface area contributed by atoms with E-state index in [1.807, 2.05) is 51.1 Å². The summed E-state index contributed by atoms with van der Waals surface area (Å²) in [5, 5.41) is 0.110. The summed E-state index contributed by atoms with van der Waals surface area (Å²) in [5.41, 5.74) is 0.567. The smallest absolute Gasteiger partial charge is 0.410 e. The predicted molar refractivity (Wildman–Crippen MR) is 130 cm³/mol. The van der Waals surface area contributed by atoms with Crippen molar-refractivity contribution in [3.05, 3.63) is 35.9 Å². The van der Waals surface area contributed by atoms with Crippen LogP contribution in [0.1, 0.15) is 53.5 Å². The maximum atomic E-state index is 12.8. The minimum absolute atomic E-state index is 0.0576. The quantitative estimate of drug-likeness (QED) is 0.510. The molecule has 1 aromatic carbocycles. The van der Waals surface area contributed by atoms with Crippen molar-refractivity contribution in [2.45, 2.75) is 90.5 Å². The van der Waals surface area contributed by atoms with E-state index in [0.29, 0.717) is 32.9 Å². The van der Waals surface area contributed by atoms with E-state index in [-0.39, 0.29) is 23.3 Å². The van der Waals surface area contributed by atoms with E-state index in [9.17, 15) is 4.79 Å². The Morgan fingerprint density at radius 1 is 1.12 bits per heavy atom. The lowest BCUT2D eigenvalue weighted by Crippen LogP contribution is -2.50. The molecule has 1 heterocycles. The second kappa shape index (κ2) is 11.1. The third-order valence-corrected chi connectivity index (χ3v) is 10.5. The van der Waals surface area contributed by atoms with Crippen LogP contribution in [0.4, 0.5) is 4.79 Å². The molecule has 1 saturated heterocycles. The van der Waals surface area contributed by atoms with Crippen LogP contribution >= 0.6 is 0 Å². The Balaban J connectivity index is 2.06. The molecule has 6 nitrogen and oxygen atoms in total. The molecule has 2 rings (SSSR count). The molecule has 0 radical (unpaired) electrons. The standard InChI is InChI=1S/C25H43NO5Si/c1-24(2,3)30-23(27)26-15-14-21(31-32(7,8)25(4,5)6)19-29-22(16-26)18-28-17-20-12-10-9-11-13-20/h9-13,21-22H,14-19H2,1-8H3/t21-,22-/m0/s1. The first-order valence-corrected chi connectivity index (χ1v) is 14.6. The zero-order valence-corrected chi connectivity index (χ0v) is 22.3. The first kappa shape index (κ1) is 26.8. The molecule has 0 bridgehead atoms. The molecule has 1 amide bonds. The molecule has 1 aliphatic heterocycles. The van der Waals surface area contributed by atoms with E-state index in [1.165, 1.54) is 0 Å². The highest BCUT2D eigenvalue weighted by molar-refractivity contribution is 6.74. The Morgan fingerprint density at radius 3 is 2.38 bits per heavy atom. The SMILES string of the molecule is CC(C)(C)OC(=O)N1CC[C@H](O[Si](C)(C)C(C)(C)C)CO[C@H](COCc2ccccc2)C1. The maximum absolute atomic E-state index is 12.8. The van der Waals surface area contributed by atoms with Crippen molar-refractivity contribution in [1.82, 2.24) is 4.90 Å². The van der Waals surface area contributed by atoms with Crippen molar-refractivity contribution in [3.8, 4) is 0 Å². The molecule has 32 heavy (non-hydrogen) atoms. The summed E-state index contributed by atoms with van der Waals surface area (Å²) < 4.78 is 24.4. The third kappa shape index (κ3) is 8.85. The van der Waals surface area contributed by atoms with Gasteiger partial charge < -0.3 is 23.5 Å². The molecule has 1 aromatic rings. The van der Waals surface area contributed by atoms with Crippen LogP contribution in [0, 0.1) is 0 Å². The number of benzene rings is 1. The van der Waals surface area contributed by atoms with Gasteiger partial charge in [-0.2, -0.15) is 0 Å². The van der Waals surface area contributed by atoms with Gasteiger partial charge in [0.2, 0.25) is 0 Å². The lowest BCUT2D eigenvalue weighted by Gasteiger charge is -2.41. The van der Waals surface area contributed by atoms with Crippen molar-refractivity contribution in [2.24, 2.45) is 0 Å². The summed E-state index contributed by atoms with van der Waals surface area (Å²) >= 11 is 0. The van der Waals surface area contributed by atoms with Crippen molar-refractivity contribution < 1.29 is 23.4 Å². The van der Waals surface area contributed by atoms with E-state index in [1.54, 1.807) is 4.90 Å². The van der Waals surface area contributed by atoms with Crippen molar-refractivity contribution in [2.75, 3.05) is 26.3 Å². The van der Waals surface area contributed by atoms with Gasteiger partial charge in [-0.25, -0.2) is 4.79 Å². The van der Waals surface area contributed by atoms with Gasteiger partial charge in [-0.15, -0.1) is 0 Å². The molecule has 7 heteroatoms. The normalized spacial score (nSPS) is 21.1. The number of nitrogens with zero attached hydrogens (tertiary/aromatic N) is 1. The van der Waals surface area contributed by atoms with Gasteiger partial charge in [-0.05, 0) is 50.9 Å². The summed E-state index contributed by atoms with van der Waals surface area (Å²) in [7, 11) is -1.96. The van der Waals surface area contributed by atoms with Gasteiger partial charge in [0, 0.05) is 6.54 Å². The molecular formula is C25H43NO5Si. The highest BCUT2D eigenvalue weighted by atomic mass is 28.4. The molecule has 2 atom stereocenters. The van der Waals surface area contributed by atoms with Crippen LogP contribution in [0.2, 0.25) is 18.1 Å². The van der Waals surface area contributed by atoms with Gasteiger partial charge in [0.05, 0.1) is 38.6 Å². The highest BCUT2D eigenvalue weighted by Crippen LogP contribution is 2.37. The van der Waals surface area contributed by atoms with E-state index in [2.05, 4.69) is 33.9 Å². The fourth-order valence-electron chi connectivity index (χ4n) is 3.18. The van der Waals surface area contributed by atoms with Crippen LogP contribution in [0.25, 0.3) is 0 Å². The van der Waals surface area contributed by atoms with E-state index in [4.69, 9.17) is 18.6 Å². The number of amides is 1. The Morgan fingerprint density at radius 2 is 1.78 bits per heavy atom. The van der Waals surface area contributed by atoms with E-state index in [0.717, 1.165) is 12.0 Å². The molecule has 0 aliphatic carbocycles. The van der Waals surface area contributed by atoms with Crippen LogP contribution in [0.15, 0.2) is 30.3 Å². The summed E-state index contributed by atoms with van der Waals surface area (Å²) in [6.45, 7) is 19.3. The van der Waals surface area contributed by atoms with E-state index < -0.39 is 13.9 Å². The zero-order chi connectivity index (χ0) is 24.0. The topological polar surface area (TPSA) is 57.2 Å². The number of ether oxygens (including phenoxy) is 3. The van der Waals surface area contributed by atoms with Gasteiger partial charge in [0.25, 0.3) is 0 Å². The molecule has 1 fully saturated rings. The summed E-state index contributed by atoms with van der Waals surface area (Å²) in [6.07, 6.45) is 0.112. The second-order valence-corrected chi connectivity index (χ2v) is 15.9. The Bertz CT molecular complexity index is 711. The summed E-state index contributed by atoms with van der Waals surface area (Å²) in [4.78, 5) is 14.6. The average Bonchev–Trinajstić information content (AvgIpc) is 2.64. The summed E-state index contributed by atoms with van der Waals surface area (Å²) in [6, 6.07) is 10.1. The first-order chi connectivity index (χ1) is 14.8. The van der Waals surface area contributed by atoms with Crippen molar-refractivity contribution in [3.63, 3.8) is 0 Å². The number of hydrogen-bond donors (Lipinski definition) is 0. The van der Waals surface area contributed by atoms with Gasteiger partial charge >= 0.3 is 6.09 Å². The Labute approximate surface area is 195 Å². The monoisotopic (exact) mass is 465 g/mol. The predicted octanol–water partition coefficient (Wildman–Crippen LogP) is 5.62. The van der Waals surface area contributed by atoms with Crippen LogP contribution in [0.3, 0.4) is 0 Å². The van der Waals surface area contributed by atoms with Crippen LogP contribution in [0.5, 0.6) is 0 Å². The molecule has 0 unspecified atom stereocenters. The molecule has 0 saturated carbocycles. The molecule has 0 N–H and O–H groups in total. The fraction of sp³-hybridized carbons (Fsp3) is 0.720. The van der Waals surface area contributed by atoms with Crippen LogP contribution in [-0.4, -0.2) is 63.4 Å². The van der Waals surface area contributed by atoms with E-state index >= 15 is 0 Å². The average molecular weight is 466 g/mol. The Hall–Kier alpha value is -1.41. The highest BCUT2D eigenvalue weighted by Gasteiger charge is 2.40. The van der Waals surface area contributed by atoms with Gasteiger partial charge in [-0.1, -0.05) is 51.1 Å². The Kier molecular flexibility index (Phi) is 9.34. The molecule has 0 spiro atoms. The third-order valence-electron chi connectivity index (χ3n) is 6.00. The van der Waals surface area contributed by atoms with Gasteiger partial charge in [-0.3, -0.25) is 0 Å². The number of carbonyl (C=O) groups excluding carboxylic acids is 1. The van der Waals surface area contributed by atoms with Crippen molar-refractivity contribution in [1.29, 1.82) is 0 Å². The lowest BCUT2D eigenvalue weighted by molar-refractivity contribution is -0.0775. The maximum Gasteiger partial charge on any atom is 0.410 e. The zero-order valence-electron chi connectivity index (χ0n) is 21.3. The van der Waals surface area contributed by atoms with Gasteiger partial charge in [0.15, 0.2) is 8.32 Å². The van der Waals surface area contributed by atoms with Crippen LogP contribution < -0.4 is 0 Å². The number of rotatable bonds is 6. The molecule has 1 aliphatic rings. The molecule has 0 aromatic heterocycles. The molecule has 182 valence electrons. The minimum Gasteiger partial charge on any atom is -0.444 e. The fourth-order valence-corrected chi connectivity index (χ4v) is 4.55. The van der Waals surface area contributed by atoms with Crippen LogP contribution in [-0.2, 0) is 25.2 Å². The number of carbonyl (C=O) groups is 1. The minimum atomic E-state index is -1.96.